The van der Waals surface area contributed by atoms with Gasteiger partial charge in [0.15, 0.2) is 0 Å². The molecule has 0 amide bonds. The van der Waals surface area contributed by atoms with Gasteiger partial charge >= 0.3 is 0 Å². The monoisotopic (exact) mass is 257 g/mol. The van der Waals surface area contributed by atoms with Crippen molar-refractivity contribution in [3.63, 3.8) is 0 Å². The summed E-state index contributed by atoms with van der Waals surface area (Å²) >= 11 is 0. The van der Waals surface area contributed by atoms with Gasteiger partial charge in [0.25, 0.3) is 0 Å². The highest BCUT2D eigenvalue weighted by Gasteiger charge is 2.03. The Labute approximate surface area is 113 Å². The summed E-state index contributed by atoms with van der Waals surface area (Å²) in [5.74, 6) is 0.886. The van der Waals surface area contributed by atoms with E-state index in [1.54, 1.807) is 7.11 Å². The Morgan fingerprint density at radius 3 is 2.74 bits per heavy atom. The zero-order chi connectivity index (χ0) is 13.7. The summed E-state index contributed by atoms with van der Waals surface area (Å²) < 4.78 is 5.35. The second kappa shape index (κ2) is 6.25. The summed E-state index contributed by atoms with van der Waals surface area (Å²) in [4.78, 5) is 0. The third kappa shape index (κ3) is 3.48. The molecule has 2 rings (SSSR count). The van der Waals surface area contributed by atoms with Gasteiger partial charge in [0, 0.05) is 17.8 Å². The van der Waals surface area contributed by atoms with Gasteiger partial charge in [-0.25, -0.2) is 0 Å². The van der Waals surface area contributed by atoms with Gasteiger partial charge in [-0.2, -0.15) is 0 Å². The number of aryl methyl sites for hydroxylation is 1. The fourth-order valence-corrected chi connectivity index (χ4v) is 2.02. The lowest BCUT2D eigenvalue weighted by Crippen LogP contribution is -2.02. The lowest BCUT2D eigenvalue weighted by atomic mass is 10.1. The van der Waals surface area contributed by atoms with E-state index in [2.05, 4.69) is 18.3 Å². The van der Waals surface area contributed by atoms with Gasteiger partial charge in [0.05, 0.1) is 13.7 Å². The first-order valence-electron chi connectivity index (χ1n) is 6.30. The van der Waals surface area contributed by atoms with E-state index in [0.717, 1.165) is 22.6 Å². The fourth-order valence-electron chi connectivity index (χ4n) is 2.02. The van der Waals surface area contributed by atoms with E-state index in [9.17, 15) is 0 Å². The quantitative estimate of drug-likeness (QED) is 0.864. The number of rotatable bonds is 5. The summed E-state index contributed by atoms with van der Waals surface area (Å²) in [6.07, 6.45) is 0. The molecule has 0 spiro atoms. The molecule has 0 saturated heterocycles. The molecule has 0 atom stereocenters. The van der Waals surface area contributed by atoms with E-state index < -0.39 is 0 Å². The number of hydrogen-bond donors (Lipinski definition) is 2. The summed E-state index contributed by atoms with van der Waals surface area (Å²) in [6, 6.07) is 13.9. The highest BCUT2D eigenvalue weighted by molar-refractivity contribution is 5.47. The minimum absolute atomic E-state index is 0.0588. The Balaban J connectivity index is 2.11. The summed E-state index contributed by atoms with van der Waals surface area (Å²) in [7, 11) is 1.68. The van der Waals surface area contributed by atoms with Crippen molar-refractivity contribution in [2.75, 3.05) is 12.4 Å². The molecular formula is C16H19NO2. The molecule has 0 heterocycles. The molecule has 3 heteroatoms. The standard InChI is InChI=1S/C16H19NO2/c1-12-6-7-16(19-2)14(8-12)10-17-15-5-3-4-13(9-15)11-18/h3-9,17-18H,10-11H2,1-2H3. The topological polar surface area (TPSA) is 41.5 Å². The van der Waals surface area contributed by atoms with Gasteiger partial charge in [0.2, 0.25) is 0 Å². The van der Waals surface area contributed by atoms with Crippen molar-refractivity contribution in [3.05, 3.63) is 59.2 Å². The molecular weight excluding hydrogens is 238 g/mol. The van der Waals surface area contributed by atoms with E-state index in [0.29, 0.717) is 6.54 Å². The van der Waals surface area contributed by atoms with E-state index in [1.165, 1.54) is 5.56 Å². The highest BCUT2D eigenvalue weighted by atomic mass is 16.5. The predicted octanol–water partition coefficient (Wildman–Crippen LogP) is 3.11. The van der Waals surface area contributed by atoms with Crippen LogP contribution in [0.2, 0.25) is 0 Å². The Bertz CT molecular complexity index is 552. The third-order valence-corrected chi connectivity index (χ3v) is 3.03. The lowest BCUT2D eigenvalue weighted by Gasteiger charge is -2.12. The maximum absolute atomic E-state index is 9.12. The minimum atomic E-state index is 0.0588. The molecule has 0 radical (unpaired) electrons. The number of anilines is 1. The number of nitrogens with one attached hydrogen (secondary N) is 1. The van der Waals surface area contributed by atoms with Crippen LogP contribution in [0.25, 0.3) is 0 Å². The molecule has 0 aromatic heterocycles. The van der Waals surface area contributed by atoms with Gasteiger partial charge < -0.3 is 15.2 Å². The average Bonchev–Trinajstić information content (AvgIpc) is 2.45. The Kier molecular flexibility index (Phi) is 4.42. The summed E-state index contributed by atoms with van der Waals surface area (Å²) in [6.45, 7) is 2.82. The normalized spacial score (nSPS) is 10.3. The van der Waals surface area contributed by atoms with Gasteiger partial charge in [-0.15, -0.1) is 0 Å². The van der Waals surface area contributed by atoms with E-state index in [4.69, 9.17) is 9.84 Å². The predicted molar refractivity (Wildman–Crippen MR) is 77.4 cm³/mol. The van der Waals surface area contributed by atoms with E-state index in [1.807, 2.05) is 36.4 Å². The summed E-state index contributed by atoms with van der Waals surface area (Å²) in [5.41, 5.74) is 4.23. The number of methoxy groups -OCH3 is 1. The Morgan fingerprint density at radius 2 is 2.00 bits per heavy atom. The van der Waals surface area contributed by atoms with Crippen molar-refractivity contribution < 1.29 is 9.84 Å². The van der Waals surface area contributed by atoms with Gasteiger partial charge in [-0.1, -0.05) is 29.8 Å². The smallest absolute Gasteiger partial charge is 0.123 e. The van der Waals surface area contributed by atoms with Gasteiger partial charge in [-0.05, 0) is 30.7 Å². The van der Waals surface area contributed by atoms with Crippen LogP contribution in [0.4, 0.5) is 5.69 Å². The molecule has 100 valence electrons. The van der Waals surface area contributed by atoms with Gasteiger partial charge in [0.1, 0.15) is 5.75 Å². The first kappa shape index (κ1) is 13.4. The molecule has 0 bridgehead atoms. The first-order valence-corrected chi connectivity index (χ1v) is 6.30. The Morgan fingerprint density at radius 1 is 1.16 bits per heavy atom. The SMILES string of the molecule is COc1ccc(C)cc1CNc1cccc(CO)c1. The molecule has 0 unspecified atom stereocenters. The van der Waals surface area contributed by atoms with Crippen molar-refractivity contribution in [1.82, 2.24) is 0 Å². The molecule has 2 aromatic carbocycles. The number of aliphatic hydroxyl groups excluding tert-OH is 1. The third-order valence-electron chi connectivity index (χ3n) is 3.03. The van der Waals surface area contributed by atoms with Crippen LogP contribution in [0, 0.1) is 6.92 Å². The fraction of sp³-hybridized carbons (Fsp3) is 0.250. The van der Waals surface area contributed by atoms with Crippen LogP contribution in [-0.4, -0.2) is 12.2 Å². The molecule has 2 N–H and O–H groups in total. The number of hydrogen-bond acceptors (Lipinski definition) is 3. The van der Waals surface area contributed by atoms with Crippen molar-refractivity contribution in [2.24, 2.45) is 0 Å². The molecule has 2 aromatic rings. The average molecular weight is 257 g/mol. The molecule has 3 nitrogen and oxygen atoms in total. The molecule has 0 saturated carbocycles. The molecule has 19 heavy (non-hydrogen) atoms. The van der Waals surface area contributed by atoms with Crippen molar-refractivity contribution >= 4 is 5.69 Å². The molecule has 0 aliphatic rings. The lowest BCUT2D eigenvalue weighted by molar-refractivity contribution is 0.282. The molecule has 0 aliphatic heterocycles. The van der Waals surface area contributed by atoms with Crippen molar-refractivity contribution in [1.29, 1.82) is 0 Å². The van der Waals surface area contributed by atoms with E-state index >= 15 is 0 Å². The zero-order valence-corrected chi connectivity index (χ0v) is 11.3. The highest BCUT2D eigenvalue weighted by Crippen LogP contribution is 2.21. The Hall–Kier alpha value is -2.00. The maximum atomic E-state index is 9.12. The van der Waals surface area contributed by atoms with E-state index in [-0.39, 0.29) is 6.61 Å². The number of ether oxygens (including phenoxy) is 1. The van der Waals surface area contributed by atoms with Crippen LogP contribution in [0.5, 0.6) is 5.75 Å². The first-order chi connectivity index (χ1) is 9.22. The van der Waals surface area contributed by atoms with Crippen LogP contribution >= 0.6 is 0 Å². The van der Waals surface area contributed by atoms with Crippen LogP contribution in [0.1, 0.15) is 16.7 Å². The second-order valence-electron chi connectivity index (χ2n) is 4.53. The van der Waals surface area contributed by atoms with Crippen molar-refractivity contribution in [3.8, 4) is 5.75 Å². The van der Waals surface area contributed by atoms with Crippen LogP contribution in [0.15, 0.2) is 42.5 Å². The molecule has 0 aliphatic carbocycles. The van der Waals surface area contributed by atoms with Crippen LogP contribution in [-0.2, 0) is 13.2 Å². The zero-order valence-electron chi connectivity index (χ0n) is 11.3. The van der Waals surface area contributed by atoms with Crippen molar-refractivity contribution in [2.45, 2.75) is 20.1 Å². The van der Waals surface area contributed by atoms with Crippen LogP contribution < -0.4 is 10.1 Å². The van der Waals surface area contributed by atoms with Gasteiger partial charge in [-0.3, -0.25) is 0 Å². The maximum Gasteiger partial charge on any atom is 0.123 e. The number of aliphatic hydroxyl groups is 1. The minimum Gasteiger partial charge on any atom is -0.496 e. The largest absolute Gasteiger partial charge is 0.496 e. The number of benzene rings is 2. The summed E-state index contributed by atoms with van der Waals surface area (Å²) in [5, 5.41) is 12.5. The molecule has 0 fully saturated rings. The van der Waals surface area contributed by atoms with Crippen LogP contribution in [0.3, 0.4) is 0 Å². The second-order valence-corrected chi connectivity index (χ2v) is 4.53.